The van der Waals surface area contributed by atoms with Crippen LogP contribution in [0.2, 0.25) is 10.0 Å². The van der Waals surface area contributed by atoms with Crippen molar-refractivity contribution in [2.24, 2.45) is 0 Å². The van der Waals surface area contributed by atoms with Gasteiger partial charge in [0.2, 0.25) is 0 Å². The number of methoxy groups -OCH3 is 1. The van der Waals surface area contributed by atoms with E-state index in [0.717, 1.165) is 0 Å². The lowest BCUT2D eigenvalue weighted by Gasteiger charge is -1.99. The molecule has 1 aliphatic rings. The van der Waals surface area contributed by atoms with E-state index >= 15 is 0 Å². The Bertz CT molecular complexity index is 448. The Morgan fingerprint density at radius 2 is 1.93 bits per heavy atom. The second kappa shape index (κ2) is 3.76. The minimum Gasteiger partial charge on any atom is -0.464 e. The van der Waals surface area contributed by atoms with Crippen LogP contribution in [0.3, 0.4) is 0 Å². The van der Waals surface area contributed by atoms with Gasteiger partial charge < -0.3 is 10.1 Å². The molecule has 1 N–H and O–H groups in total. The van der Waals surface area contributed by atoms with Crippen molar-refractivity contribution < 1.29 is 9.53 Å². The number of carbonyl (C=O) groups is 1. The monoisotopic (exact) mass is 243 g/mol. The molecule has 1 aromatic carbocycles. The van der Waals surface area contributed by atoms with Crippen LogP contribution in [0.15, 0.2) is 23.9 Å². The summed E-state index contributed by atoms with van der Waals surface area (Å²) >= 11 is 11.9. The first-order valence-electron chi connectivity index (χ1n) is 4.19. The summed E-state index contributed by atoms with van der Waals surface area (Å²) in [7, 11) is 1.32. The molecule has 1 aliphatic heterocycles. The second-order valence-corrected chi connectivity index (χ2v) is 3.78. The molecule has 1 heterocycles. The van der Waals surface area contributed by atoms with E-state index in [-0.39, 0.29) is 0 Å². The van der Waals surface area contributed by atoms with Crippen molar-refractivity contribution in [1.82, 2.24) is 5.32 Å². The molecule has 0 bridgehead atoms. The van der Waals surface area contributed by atoms with Gasteiger partial charge in [-0.3, -0.25) is 0 Å². The van der Waals surface area contributed by atoms with E-state index < -0.39 is 5.97 Å². The number of hydrogen-bond acceptors (Lipinski definition) is 3. The van der Waals surface area contributed by atoms with Gasteiger partial charge in [-0.15, -0.1) is 0 Å². The van der Waals surface area contributed by atoms with Crippen LogP contribution in [0.1, 0.15) is 5.56 Å². The number of hydrogen-bond donors (Lipinski definition) is 1. The van der Waals surface area contributed by atoms with E-state index in [1.807, 2.05) is 0 Å². The van der Waals surface area contributed by atoms with E-state index in [2.05, 4.69) is 10.1 Å². The third kappa shape index (κ3) is 1.80. The maximum Gasteiger partial charge on any atom is 0.356 e. The number of nitrogens with one attached hydrogen (secondary N) is 1. The summed E-state index contributed by atoms with van der Waals surface area (Å²) in [6, 6.07) is 5.17. The molecule has 0 amide bonds. The van der Waals surface area contributed by atoms with Gasteiger partial charge in [0.1, 0.15) is 5.70 Å². The minimum atomic E-state index is -0.416. The molecule has 0 atom stereocenters. The fourth-order valence-corrected chi connectivity index (χ4v) is 1.86. The molecule has 0 saturated carbocycles. The molecule has 0 aliphatic carbocycles. The lowest BCUT2D eigenvalue weighted by molar-refractivity contribution is -0.135. The van der Waals surface area contributed by atoms with Gasteiger partial charge in [0.25, 0.3) is 0 Å². The zero-order chi connectivity index (χ0) is 11.0. The number of carbonyl (C=O) groups excluding carboxylic acids is 1. The summed E-state index contributed by atoms with van der Waals surface area (Å²) in [4.78, 5) is 11.2. The molecule has 0 aromatic heterocycles. The van der Waals surface area contributed by atoms with E-state index in [9.17, 15) is 4.79 Å². The number of rotatable bonds is 2. The molecular weight excluding hydrogens is 237 g/mol. The lowest BCUT2D eigenvalue weighted by atomic mass is 10.2. The predicted molar refractivity (Wildman–Crippen MR) is 58.5 cm³/mol. The van der Waals surface area contributed by atoms with Crippen molar-refractivity contribution in [3.63, 3.8) is 0 Å². The highest BCUT2D eigenvalue weighted by Crippen LogP contribution is 2.37. The molecule has 15 heavy (non-hydrogen) atoms. The Hall–Kier alpha value is -1.19. The molecule has 0 unspecified atom stereocenters. The van der Waals surface area contributed by atoms with Crippen LogP contribution in [-0.4, -0.2) is 13.1 Å². The van der Waals surface area contributed by atoms with Crippen molar-refractivity contribution in [1.29, 1.82) is 0 Å². The van der Waals surface area contributed by atoms with Gasteiger partial charge in [0, 0.05) is 5.56 Å². The first-order chi connectivity index (χ1) is 7.15. The SMILES string of the molecule is COC(=O)C1=C(c2c(Cl)cccc2Cl)N1. The maximum atomic E-state index is 11.2. The van der Waals surface area contributed by atoms with Crippen LogP contribution < -0.4 is 5.32 Å². The Kier molecular flexibility index (Phi) is 2.59. The van der Waals surface area contributed by atoms with E-state index in [0.29, 0.717) is 27.0 Å². The van der Waals surface area contributed by atoms with Crippen LogP contribution >= 0.6 is 23.2 Å². The maximum absolute atomic E-state index is 11.2. The van der Waals surface area contributed by atoms with Crippen LogP contribution in [0, 0.1) is 0 Å². The van der Waals surface area contributed by atoms with Crippen molar-refractivity contribution in [3.05, 3.63) is 39.5 Å². The van der Waals surface area contributed by atoms with E-state index in [1.165, 1.54) is 7.11 Å². The highest BCUT2D eigenvalue weighted by atomic mass is 35.5. The molecule has 5 heteroatoms. The number of halogens is 2. The smallest absolute Gasteiger partial charge is 0.356 e. The fourth-order valence-electron chi connectivity index (χ4n) is 1.27. The van der Waals surface area contributed by atoms with Crippen LogP contribution in [0.5, 0.6) is 0 Å². The van der Waals surface area contributed by atoms with E-state index in [1.54, 1.807) is 18.2 Å². The quantitative estimate of drug-likeness (QED) is 0.812. The summed E-state index contributed by atoms with van der Waals surface area (Å²) in [5, 5.41) is 3.81. The van der Waals surface area contributed by atoms with Gasteiger partial charge in [-0.05, 0) is 12.1 Å². The largest absolute Gasteiger partial charge is 0.464 e. The first kappa shape index (κ1) is 10.3. The topological polar surface area (TPSA) is 48.2 Å². The normalized spacial score (nSPS) is 13.5. The van der Waals surface area contributed by atoms with Crippen LogP contribution in [0.4, 0.5) is 0 Å². The molecule has 0 radical (unpaired) electrons. The average Bonchev–Trinajstić information content (AvgIpc) is 2.96. The highest BCUT2D eigenvalue weighted by molar-refractivity contribution is 6.38. The lowest BCUT2D eigenvalue weighted by Crippen LogP contribution is -2.00. The number of esters is 1. The molecular formula is C10H7Cl2NO2. The first-order valence-corrected chi connectivity index (χ1v) is 4.94. The average molecular weight is 244 g/mol. The third-order valence-corrected chi connectivity index (χ3v) is 2.67. The highest BCUT2D eigenvalue weighted by Gasteiger charge is 2.32. The van der Waals surface area contributed by atoms with Crippen molar-refractivity contribution in [2.45, 2.75) is 0 Å². The Morgan fingerprint density at radius 3 is 2.47 bits per heavy atom. The van der Waals surface area contributed by atoms with Gasteiger partial charge in [0.05, 0.1) is 22.9 Å². The van der Waals surface area contributed by atoms with Gasteiger partial charge in [-0.1, -0.05) is 29.3 Å². The Labute approximate surface area is 96.6 Å². The Balaban J connectivity index is 2.42. The van der Waals surface area contributed by atoms with Crippen LogP contribution in [-0.2, 0) is 9.53 Å². The second-order valence-electron chi connectivity index (χ2n) is 2.96. The molecule has 1 aromatic rings. The van der Waals surface area contributed by atoms with Gasteiger partial charge >= 0.3 is 5.97 Å². The van der Waals surface area contributed by atoms with Crippen molar-refractivity contribution in [2.75, 3.05) is 7.11 Å². The van der Waals surface area contributed by atoms with Gasteiger partial charge in [0.15, 0.2) is 0 Å². The molecule has 3 nitrogen and oxygen atoms in total. The molecule has 0 fully saturated rings. The number of benzene rings is 1. The molecule has 0 spiro atoms. The minimum absolute atomic E-state index is 0.410. The van der Waals surface area contributed by atoms with Gasteiger partial charge in [-0.2, -0.15) is 0 Å². The standard InChI is InChI=1S/C10H7Cl2NO2/c1-15-10(14)9-8(13-9)7-5(11)3-2-4-6(7)12/h2-4,13H,1H3. The van der Waals surface area contributed by atoms with E-state index in [4.69, 9.17) is 23.2 Å². The number of ether oxygens (including phenoxy) is 1. The summed E-state index contributed by atoms with van der Waals surface area (Å²) in [6.07, 6.45) is 0. The fraction of sp³-hybridized carbons (Fsp3) is 0.100. The van der Waals surface area contributed by atoms with Crippen LogP contribution in [0.25, 0.3) is 5.70 Å². The molecule has 0 saturated heterocycles. The predicted octanol–water partition coefficient (Wildman–Crippen LogP) is 2.44. The zero-order valence-electron chi connectivity index (χ0n) is 7.80. The summed E-state index contributed by atoms with van der Waals surface area (Å²) in [6.45, 7) is 0. The summed E-state index contributed by atoms with van der Waals surface area (Å²) < 4.78 is 4.56. The summed E-state index contributed by atoms with van der Waals surface area (Å²) in [5.41, 5.74) is 1.69. The van der Waals surface area contributed by atoms with Gasteiger partial charge in [-0.25, -0.2) is 4.79 Å². The summed E-state index contributed by atoms with van der Waals surface area (Å²) in [5.74, 6) is -0.416. The zero-order valence-corrected chi connectivity index (χ0v) is 9.32. The Morgan fingerprint density at radius 1 is 1.33 bits per heavy atom. The molecule has 2 rings (SSSR count). The third-order valence-electron chi connectivity index (χ3n) is 2.04. The van der Waals surface area contributed by atoms with Crippen molar-refractivity contribution in [3.8, 4) is 0 Å². The van der Waals surface area contributed by atoms with Crippen molar-refractivity contribution >= 4 is 34.9 Å². The molecule has 78 valence electrons.